The summed E-state index contributed by atoms with van der Waals surface area (Å²) in [7, 11) is 0. The van der Waals surface area contributed by atoms with Crippen molar-refractivity contribution in [2.75, 3.05) is 0 Å². The predicted octanol–water partition coefficient (Wildman–Crippen LogP) is 4.14. The zero-order valence-corrected chi connectivity index (χ0v) is 11.3. The van der Waals surface area contributed by atoms with Gasteiger partial charge < -0.3 is 4.42 Å². The van der Waals surface area contributed by atoms with Crippen LogP contribution in [0.25, 0.3) is 0 Å². The number of rotatable bonds is 4. The molecular weight excluding hydrogens is 256 g/mol. The van der Waals surface area contributed by atoms with Crippen LogP contribution in [0.15, 0.2) is 33.0 Å². The van der Waals surface area contributed by atoms with Gasteiger partial charge in [-0.2, -0.15) is 0 Å². The zero-order valence-electron chi connectivity index (χ0n) is 9.74. The highest BCUT2D eigenvalue weighted by atomic mass is 35.5. The molecule has 0 aromatic carbocycles. The molecule has 17 heavy (non-hydrogen) atoms. The summed E-state index contributed by atoms with van der Waals surface area (Å²) < 4.78 is 5.27. The van der Waals surface area contributed by atoms with Crippen LogP contribution in [0.2, 0.25) is 5.15 Å². The monoisotopic (exact) mass is 268 g/mol. The summed E-state index contributed by atoms with van der Waals surface area (Å²) >= 11 is 7.67. The van der Waals surface area contributed by atoms with Crippen LogP contribution in [-0.2, 0) is 6.42 Å². The summed E-state index contributed by atoms with van der Waals surface area (Å²) in [5.74, 6) is 0.896. The fourth-order valence-electron chi connectivity index (χ4n) is 1.51. The highest BCUT2D eigenvalue weighted by molar-refractivity contribution is 7.99. The maximum atomic E-state index is 6.10. The van der Waals surface area contributed by atoms with Gasteiger partial charge in [0.05, 0.1) is 11.2 Å². The van der Waals surface area contributed by atoms with E-state index in [9.17, 15) is 0 Å². The minimum Gasteiger partial charge on any atom is -0.468 e. The lowest BCUT2D eigenvalue weighted by atomic mass is 10.2. The van der Waals surface area contributed by atoms with Crippen LogP contribution >= 0.6 is 23.4 Å². The lowest BCUT2D eigenvalue weighted by molar-refractivity contribution is 0.527. The molecule has 0 spiro atoms. The Morgan fingerprint density at radius 3 is 2.88 bits per heavy atom. The molecule has 0 aliphatic carbocycles. The van der Waals surface area contributed by atoms with Crippen molar-refractivity contribution >= 4 is 23.4 Å². The second kappa shape index (κ2) is 5.56. The van der Waals surface area contributed by atoms with Crippen molar-refractivity contribution in [3.05, 3.63) is 35.1 Å². The largest absolute Gasteiger partial charge is 0.468 e. The Hall–Kier alpha value is -1.00. The SMILES string of the molecule is CCCc1c(Cl)ncnc1Sc1ccoc1C. The fraction of sp³-hybridized carbons (Fsp3) is 0.333. The van der Waals surface area contributed by atoms with Crippen molar-refractivity contribution in [1.82, 2.24) is 9.97 Å². The Bertz CT molecular complexity index is 513. The summed E-state index contributed by atoms with van der Waals surface area (Å²) in [6.07, 6.45) is 5.09. The van der Waals surface area contributed by atoms with Crippen LogP contribution in [0.5, 0.6) is 0 Å². The van der Waals surface area contributed by atoms with Gasteiger partial charge in [-0.05, 0) is 19.4 Å². The van der Waals surface area contributed by atoms with Gasteiger partial charge >= 0.3 is 0 Å². The molecule has 0 radical (unpaired) electrons. The normalized spacial score (nSPS) is 10.8. The fourth-order valence-corrected chi connectivity index (χ4v) is 2.74. The van der Waals surface area contributed by atoms with Crippen molar-refractivity contribution in [3.63, 3.8) is 0 Å². The van der Waals surface area contributed by atoms with E-state index >= 15 is 0 Å². The Morgan fingerprint density at radius 1 is 1.41 bits per heavy atom. The highest BCUT2D eigenvalue weighted by Crippen LogP contribution is 2.33. The minimum atomic E-state index is 0.547. The van der Waals surface area contributed by atoms with Gasteiger partial charge in [0.25, 0.3) is 0 Å². The molecule has 0 aliphatic heterocycles. The minimum absolute atomic E-state index is 0.547. The molecule has 2 aromatic rings. The summed E-state index contributed by atoms with van der Waals surface area (Å²) in [6.45, 7) is 4.05. The second-order valence-electron chi connectivity index (χ2n) is 3.64. The summed E-state index contributed by atoms with van der Waals surface area (Å²) in [6, 6.07) is 1.94. The summed E-state index contributed by atoms with van der Waals surface area (Å²) in [4.78, 5) is 9.39. The number of furan rings is 1. The van der Waals surface area contributed by atoms with Gasteiger partial charge in [0.1, 0.15) is 22.3 Å². The molecule has 0 saturated carbocycles. The van der Waals surface area contributed by atoms with E-state index in [2.05, 4.69) is 16.9 Å². The highest BCUT2D eigenvalue weighted by Gasteiger charge is 2.12. The maximum absolute atomic E-state index is 6.10. The first-order valence-corrected chi connectivity index (χ1v) is 6.63. The Kier molecular flexibility index (Phi) is 4.07. The van der Waals surface area contributed by atoms with Crippen LogP contribution in [0.4, 0.5) is 0 Å². The topological polar surface area (TPSA) is 38.9 Å². The van der Waals surface area contributed by atoms with E-state index in [-0.39, 0.29) is 0 Å². The van der Waals surface area contributed by atoms with Crippen LogP contribution in [-0.4, -0.2) is 9.97 Å². The third kappa shape index (κ3) is 2.82. The van der Waals surface area contributed by atoms with Crippen molar-refractivity contribution in [2.24, 2.45) is 0 Å². The van der Waals surface area contributed by atoms with E-state index in [1.807, 2.05) is 13.0 Å². The Labute approximate surface area is 110 Å². The van der Waals surface area contributed by atoms with Gasteiger partial charge in [0.2, 0.25) is 0 Å². The first-order valence-electron chi connectivity index (χ1n) is 5.43. The Morgan fingerprint density at radius 2 is 2.24 bits per heavy atom. The molecular formula is C12H13ClN2OS. The number of halogens is 1. The average Bonchev–Trinajstić information content (AvgIpc) is 2.70. The van der Waals surface area contributed by atoms with Gasteiger partial charge in [-0.15, -0.1) is 0 Å². The molecule has 2 heterocycles. The van der Waals surface area contributed by atoms with E-state index < -0.39 is 0 Å². The van der Waals surface area contributed by atoms with E-state index in [0.29, 0.717) is 5.15 Å². The van der Waals surface area contributed by atoms with Crippen LogP contribution in [0, 0.1) is 6.92 Å². The number of aryl methyl sites for hydroxylation is 1. The molecule has 0 N–H and O–H groups in total. The van der Waals surface area contributed by atoms with Crippen molar-refractivity contribution in [2.45, 2.75) is 36.6 Å². The predicted molar refractivity (Wildman–Crippen MR) is 68.6 cm³/mol. The molecule has 0 aliphatic rings. The molecule has 0 atom stereocenters. The van der Waals surface area contributed by atoms with E-state index in [1.165, 1.54) is 6.33 Å². The first-order chi connectivity index (χ1) is 8.22. The van der Waals surface area contributed by atoms with E-state index in [4.69, 9.17) is 16.0 Å². The van der Waals surface area contributed by atoms with Crippen LogP contribution < -0.4 is 0 Å². The van der Waals surface area contributed by atoms with Gasteiger partial charge in [0, 0.05) is 5.56 Å². The summed E-state index contributed by atoms with van der Waals surface area (Å²) in [5.41, 5.74) is 1.02. The average molecular weight is 269 g/mol. The van der Waals surface area contributed by atoms with Crippen molar-refractivity contribution < 1.29 is 4.42 Å². The van der Waals surface area contributed by atoms with Crippen molar-refractivity contribution in [1.29, 1.82) is 0 Å². The number of nitrogens with zero attached hydrogens (tertiary/aromatic N) is 2. The van der Waals surface area contributed by atoms with Crippen molar-refractivity contribution in [3.8, 4) is 0 Å². The summed E-state index contributed by atoms with van der Waals surface area (Å²) in [5, 5.41) is 1.46. The van der Waals surface area contributed by atoms with E-state index in [1.54, 1.807) is 18.0 Å². The number of aromatic nitrogens is 2. The zero-order chi connectivity index (χ0) is 12.3. The Balaban J connectivity index is 2.32. The maximum Gasteiger partial charge on any atom is 0.136 e. The quantitative estimate of drug-likeness (QED) is 0.782. The standard InChI is InChI=1S/C12H13ClN2OS/c1-3-4-9-11(13)14-7-15-12(9)17-10-5-6-16-8(10)2/h5-7H,3-4H2,1-2H3. The molecule has 0 saturated heterocycles. The molecule has 0 fully saturated rings. The van der Waals surface area contributed by atoms with E-state index in [0.717, 1.165) is 34.1 Å². The molecule has 5 heteroatoms. The van der Waals surface area contributed by atoms with Crippen LogP contribution in [0.3, 0.4) is 0 Å². The smallest absolute Gasteiger partial charge is 0.136 e. The molecule has 90 valence electrons. The molecule has 3 nitrogen and oxygen atoms in total. The van der Waals surface area contributed by atoms with Gasteiger partial charge in [-0.1, -0.05) is 36.7 Å². The second-order valence-corrected chi connectivity index (χ2v) is 5.03. The molecule has 2 rings (SSSR count). The third-order valence-electron chi connectivity index (χ3n) is 2.37. The third-order valence-corrected chi connectivity index (χ3v) is 3.89. The molecule has 0 unspecified atom stereocenters. The first kappa shape index (κ1) is 12.5. The molecule has 0 bridgehead atoms. The molecule has 2 aromatic heterocycles. The van der Waals surface area contributed by atoms with Crippen LogP contribution in [0.1, 0.15) is 24.7 Å². The number of hydrogen-bond acceptors (Lipinski definition) is 4. The lowest BCUT2D eigenvalue weighted by Gasteiger charge is -2.07. The number of hydrogen-bond donors (Lipinski definition) is 0. The van der Waals surface area contributed by atoms with Gasteiger partial charge in [-0.3, -0.25) is 0 Å². The van der Waals surface area contributed by atoms with Gasteiger partial charge in [0.15, 0.2) is 0 Å². The van der Waals surface area contributed by atoms with Gasteiger partial charge in [-0.25, -0.2) is 9.97 Å². The molecule has 0 amide bonds. The lowest BCUT2D eigenvalue weighted by Crippen LogP contribution is -1.95.